The van der Waals surface area contributed by atoms with Crippen LogP contribution in [0.5, 0.6) is 0 Å². The van der Waals surface area contributed by atoms with Crippen molar-refractivity contribution in [1.29, 1.82) is 0 Å². The van der Waals surface area contributed by atoms with Gasteiger partial charge >= 0.3 is 0 Å². The van der Waals surface area contributed by atoms with Gasteiger partial charge in [-0.3, -0.25) is 0 Å². The molecule has 0 spiro atoms. The van der Waals surface area contributed by atoms with Crippen LogP contribution in [0.15, 0.2) is 0 Å². The molecule has 3 heteroatoms. The zero-order valence-electron chi connectivity index (χ0n) is 9.32. The molecule has 0 aliphatic carbocycles. The summed E-state index contributed by atoms with van der Waals surface area (Å²) in [4.78, 5) is 0. The average Bonchev–Trinajstić information content (AvgIpc) is 2.17. The van der Waals surface area contributed by atoms with E-state index in [4.69, 9.17) is 5.11 Å². The number of aliphatic hydroxyl groups is 3. The first-order valence-electron chi connectivity index (χ1n) is 5.60. The van der Waals surface area contributed by atoms with Gasteiger partial charge in [0.25, 0.3) is 0 Å². The van der Waals surface area contributed by atoms with E-state index in [1.165, 1.54) is 0 Å². The summed E-state index contributed by atoms with van der Waals surface area (Å²) in [5.74, 6) is -0.0614. The summed E-state index contributed by atoms with van der Waals surface area (Å²) in [6.07, 6.45) is 3.07. The third kappa shape index (κ3) is 5.58. The van der Waals surface area contributed by atoms with Crippen LogP contribution >= 0.6 is 0 Å². The van der Waals surface area contributed by atoms with Gasteiger partial charge in [-0.1, -0.05) is 20.3 Å². The van der Waals surface area contributed by atoms with E-state index in [-0.39, 0.29) is 12.5 Å². The predicted molar refractivity (Wildman–Crippen MR) is 57.0 cm³/mol. The lowest BCUT2D eigenvalue weighted by molar-refractivity contribution is 0.0119. The van der Waals surface area contributed by atoms with Crippen LogP contribution in [0.25, 0.3) is 0 Å². The summed E-state index contributed by atoms with van der Waals surface area (Å²) in [6.45, 7) is 4.08. The number of hydrogen-bond acceptors (Lipinski definition) is 3. The van der Waals surface area contributed by atoms with E-state index in [2.05, 4.69) is 0 Å². The molecule has 0 aliphatic heterocycles. The van der Waals surface area contributed by atoms with Gasteiger partial charge in [0.2, 0.25) is 0 Å². The summed E-state index contributed by atoms with van der Waals surface area (Å²) in [6, 6.07) is 0. The Morgan fingerprint density at radius 1 is 1.00 bits per heavy atom. The zero-order valence-corrected chi connectivity index (χ0v) is 9.32. The minimum absolute atomic E-state index is 0.0614. The summed E-state index contributed by atoms with van der Waals surface area (Å²) in [5, 5.41) is 27.9. The Balaban J connectivity index is 3.68. The second-order valence-electron chi connectivity index (χ2n) is 4.00. The second kappa shape index (κ2) is 8.21. The van der Waals surface area contributed by atoms with Crippen molar-refractivity contribution in [1.82, 2.24) is 0 Å². The first kappa shape index (κ1) is 13.9. The van der Waals surface area contributed by atoms with Gasteiger partial charge in [-0.2, -0.15) is 0 Å². The molecule has 0 heterocycles. The van der Waals surface area contributed by atoms with Crippen molar-refractivity contribution in [3.05, 3.63) is 0 Å². The van der Waals surface area contributed by atoms with Crippen molar-refractivity contribution in [2.45, 2.75) is 58.2 Å². The Kier molecular flexibility index (Phi) is 8.14. The number of aliphatic hydroxyl groups excluding tert-OH is 3. The highest BCUT2D eigenvalue weighted by molar-refractivity contribution is 4.72. The van der Waals surface area contributed by atoms with Crippen molar-refractivity contribution < 1.29 is 15.3 Å². The first-order valence-corrected chi connectivity index (χ1v) is 5.60. The van der Waals surface area contributed by atoms with Crippen LogP contribution in [0.4, 0.5) is 0 Å². The molecule has 14 heavy (non-hydrogen) atoms. The highest BCUT2D eigenvalue weighted by Crippen LogP contribution is 2.17. The largest absolute Gasteiger partial charge is 0.396 e. The van der Waals surface area contributed by atoms with E-state index in [9.17, 15) is 10.2 Å². The summed E-state index contributed by atoms with van der Waals surface area (Å²) in [5.41, 5.74) is 0. The summed E-state index contributed by atoms with van der Waals surface area (Å²) < 4.78 is 0. The van der Waals surface area contributed by atoms with Gasteiger partial charge < -0.3 is 15.3 Å². The molecule has 3 unspecified atom stereocenters. The van der Waals surface area contributed by atoms with E-state index >= 15 is 0 Å². The standard InChI is InChI=1S/C11H24O3/c1-3-6-10(13)9(2)11(14)7-4-5-8-12/h9-14H,3-8H2,1-2H3. The van der Waals surface area contributed by atoms with Crippen LogP contribution in [0.2, 0.25) is 0 Å². The molecule has 0 bridgehead atoms. The molecule has 0 aromatic carbocycles. The van der Waals surface area contributed by atoms with E-state index in [0.29, 0.717) is 6.42 Å². The van der Waals surface area contributed by atoms with Crippen molar-refractivity contribution in [2.75, 3.05) is 6.61 Å². The molecule has 0 saturated carbocycles. The van der Waals surface area contributed by atoms with Crippen LogP contribution < -0.4 is 0 Å². The van der Waals surface area contributed by atoms with Gasteiger partial charge in [0.1, 0.15) is 0 Å². The van der Waals surface area contributed by atoms with E-state index < -0.39 is 12.2 Å². The van der Waals surface area contributed by atoms with E-state index in [1.807, 2.05) is 13.8 Å². The van der Waals surface area contributed by atoms with Crippen LogP contribution in [0.1, 0.15) is 46.0 Å². The third-order valence-corrected chi connectivity index (χ3v) is 2.71. The molecule has 86 valence electrons. The molecular formula is C11H24O3. The lowest BCUT2D eigenvalue weighted by atomic mass is 9.92. The van der Waals surface area contributed by atoms with Crippen molar-refractivity contribution >= 4 is 0 Å². The molecule has 0 aromatic heterocycles. The molecule has 0 aromatic rings. The molecule has 3 nitrogen and oxygen atoms in total. The monoisotopic (exact) mass is 204 g/mol. The summed E-state index contributed by atoms with van der Waals surface area (Å²) in [7, 11) is 0. The Morgan fingerprint density at radius 2 is 1.57 bits per heavy atom. The van der Waals surface area contributed by atoms with Crippen LogP contribution in [0, 0.1) is 5.92 Å². The Morgan fingerprint density at radius 3 is 2.07 bits per heavy atom. The van der Waals surface area contributed by atoms with Gasteiger partial charge in [0.05, 0.1) is 12.2 Å². The SMILES string of the molecule is CCCC(O)C(C)C(O)CCCCO. The normalized spacial score (nSPS) is 17.8. The first-order chi connectivity index (χ1) is 6.63. The van der Waals surface area contributed by atoms with E-state index in [0.717, 1.165) is 25.7 Å². The number of unbranched alkanes of at least 4 members (excludes halogenated alkanes) is 1. The van der Waals surface area contributed by atoms with E-state index in [1.54, 1.807) is 0 Å². The minimum Gasteiger partial charge on any atom is -0.396 e. The predicted octanol–water partition coefficient (Wildman–Crippen LogP) is 1.31. The second-order valence-corrected chi connectivity index (χ2v) is 4.00. The molecule has 0 amide bonds. The van der Waals surface area contributed by atoms with Gasteiger partial charge in [0, 0.05) is 12.5 Å². The fraction of sp³-hybridized carbons (Fsp3) is 1.00. The molecule has 0 rings (SSSR count). The lowest BCUT2D eigenvalue weighted by Gasteiger charge is -2.23. The highest BCUT2D eigenvalue weighted by Gasteiger charge is 2.20. The van der Waals surface area contributed by atoms with Crippen molar-refractivity contribution in [3.63, 3.8) is 0 Å². The van der Waals surface area contributed by atoms with Gasteiger partial charge in [0.15, 0.2) is 0 Å². The number of hydrogen-bond donors (Lipinski definition) is 3. The van der Waals surface area contributed by atoms with Crippen LogP contribution in [-0.4, -0.2) is 34.1 Å². The zero-order chi connectivity index (χ0) is 11.0. The maximum atomic E-state index is 9.70. The molecule has 3 atom stereocenters. The lowest BCUT2D eigenvalue weighted by Crippen LogP contribution is -2.29. The molecule has 3 N–H and O–H groups in total. The maximum Gasteiger partial charge on any atom is 0.0590 e. The van der Waals surface area contributed by atoms with Crippen molar-refractivity contribution in [3.8, 4) is 0 Å². The Hall–Kier alpha value is -0.120. The summed E-state index contributed by atoms with van der Waals surface area (Å²) >= 11 is 0. The fourth-order valence-electron chi connectivity index (χ4n) is 1.54. The minimum atomic E-state index is -0.442. The topological polar surface area (TPSA) is 60.7 Å². The average molecular weight is 204 g/mol. The third-order valence-electron chi connectivity index (χ3n) is 2.71. The Labute approximate surface area is 86.8 Å². The molecule has 0 fully saturated rings. The van der Waals surface area contributed by atoms with Crippen LogP contribution in [-0.2, 0) is 0 Å². The van der Waals surface area contributed by atoms with Gasteiger partial charge in [-0.15, -0.1) is 0 Å². The fourth-order valence-corrected chi connectivity index (χ4v) is 1.54. The molecule has 0 aliphatic rings. The van der Waals surface area contributed by atoms with Crippen LogP contribution in [0.3, 0.4) is 0 Å². The molecular weight excluding hydrogens is 180 g/mol. The highest BCUT2D eigenvalue weighted by atomic mass is 16.3. The molecule has 0 radical (unpaired) electrons. The van der Waals surface area contributed by atoms with Gasteiger partial charge in [-0.25, -0.2) is 0 Å². The smallest absolute Gasteiger partial charge is 0.0590 e. The number of rotatable bonds is 8. The molecule has 0 saturated heterocycles. The quantitative estimate of drug-likeness (QED) is 0.522. The van der Waals surface area contributed by atoms with Crippen molar-refractivity contribution in [2.24, 2.45) is 5.92 Å². The maximum absolute atomic E-state index is 9.70. The van der Waals surface area contributed by atoms with Gasteiger partial charge in [-0.05, 0) is 25.7 Å². The Bertz CT molecular complexity index is 128.